The molecule has 0 spiro atoms. The van der Waals surface area contributed by atoms with Crippen LogP contribution in [-0.4, -0.2) is 37.1 Å². The number of hydrogen-bond acceptors (Lipinski definition) is 3. The zero-order valence-electron chi connectivity index (χ0n) is 13.8. The van der Waals surface area contributed by atoms with Crippen LogP contribution < -0.4 is 10.6 Å². The van der Waals surface area contributed by atoms with E-state index < -0.39 is 0 Å². The average molecular weight is 313 g/mol. The summed E-state index contributed by atoms with van der Waals surface area (Å²) in [5.74, 6) is 0. The first-order valence-corrected chi connectivity index (χ1v) is 7.96. The number of urea groups is 1. The quantitative estimate of drug-likeness (QED) is 0.853. The summed E-state index contributed by atoms with van der Waals surface area (Å²) in [5.41, 5.74) is 3.95. The van der Waals surface area contributed by atoms with E-state index >= 15 is 0 Å². The van der Waals surface area contributed by atoms with Gasteiger partial charge in [0.2, 0.25) is 0 Å². The summed E-state index contributed by atoms with van der Waals surface area (Å²) in [6.45, 7) is 6.00. The summed E-state index contributed by atoms with van der Waals surface area (Å²) >= 11 is 0. The Bertz CT molecular complexity index is 748. The lowest BCUT2D eigenvalue weighted by Gasteiger charge is -2.26. The fourth-order valence-corrected chi connectivity index (χ4v) is 2.87. The molecule has 1 atom stereocenters. The standard InChI is InChI=1S/C18H23N3O2/c1-12-11-23-17-5-4-15(10-16(12)17)20-18(22)19-13(2)14-6-8-21(3)9-7-14/h4-6,10-11,13H,7-9H2,1-3H3,(H2,19,20,22)/t13-/m1/s1. The van der Waals surface area contributed by atoms with E-state index in [4.69, 9.17) is 4.42 Å². The van der Waals surface area contributed by atoms with E-state index in [1.807, 2.05) is 32.0 Å². The maximum absolute atomic E-state index is 12.2. The van der Waals surface area contributed by atoms with Crippen LogP contribution in [0.15, 0.2) is 40.5 Å². The molecule has 0 saturated heterocycles. The molecule has 2 heterocycles. The van der Waals surface area contributed by atoms with Gasteiger partial charge in [-0.25, -0.2) is 4.79 Å². The Labute approximate surface area is 136 Å². The van der Waals surface area contributed by atoms with Gasteiger partial charge in [-0.15, -0.1) is 0 Å². The molecule has 0 fully saturated rings. The van der Waals surface area contributed by atoms with Crippen LogP contribution in [0.5, 0.6) is 0 Å². The van der Waals surface area contributed by atoms with Crippen molar-refractivity contribution in [3.8, 4) is 0 Å². The zero-order chi connectivity index (χ0) is 16.4. The molecular formula is C18H23N3O2. The summed E-state index contributed by atoms with van der Waals surface area (Å²) in [4.78, 5) is 14.5. The molecule has 2 aromatic rings. The second-order valence-corrected chi connectivity index (χ2v) is 6.24. The number of carbonyl (C=O) groups excluding carboxylic acids is 1. The topological polar surface area (TPSA) is 57.5 Å². The molecule has 2 amide bonds. The number of likely N-dealkylation sites (N-methyl/N-ethyl adjacent to an activating group) is 1. The molecule has 3 rings (SSSR count). The number of nitrogens with one attached hydrogen (secondary N) is 2. The van der Waals surface area contributed by atoms with Gasteiger partial charge in [-0.3, -0.25) is 0 Å². The van der Waals surface area contributed by atoms with E-state index in [1.54, 1.807) is 6.26 Å². The summed E-state index contributed by atoms with van der Waals surface area (Å²) in [6.07, 6.45) is 4.93. The van der Waals surface area contributed by atoms with Crippen LogP contribution in [0.4, 0.5) is 10.5 Å². The second-order valence-electron chi connectivity index (χ2n) is 6.24. The molecule has 0 radical (unpaired) electrons. The third kappa shape index (κ3) is 3.56. The normalized spacial score (nSPS) is 16.9. The number of amides is 2. The van der Waals surface area contributed by atoms with Gasteiger partial charge in [-0.1, -0.05) is 6.08 Å². The lowest BCUT2D eigenvalue weighted by molar-refractivity contribution is 0.250. The Kier molecular flexibility index (Phi) is 4.39. The van der Waals surface area contributed by atoms with E-state index in [0.29, 0.717) is 0 Å². The van der Waals surface area contributed by atoms with Crippen LogP contribution in [0.1, 0.15) is 18.9 Å². The molecule has 1 aromatic carbocycles. The first kappa shape index (κ1) is 15.6. The van der Waals surface area contributed by atoms with Crippen LogP contribution >= 0.6 is 0 Å². The number of aryl methyl sites for hydroxylation is 1. The smallest absolute Gasteiger partial charge is 0.319 e. The number of furan rings is 1. The molecule has 5 heteroatoms. The van der Waals surface area contributed by atoms with Crippen molar-refractivity contribution in [1.82, 2.24) is 10.2 Å². The van der Waals surface area contributed by atoms with Crippen molar-refractivity contribution in [3.63, 3.8) is 0 Å². The fourth-order valence-electron chi connectivity index (χ4n) is 2.87. The van der Waals surface area contributed by atoms with Crippen LogP contribution in [0.25, 0.3) is 11.0 Å². The first-order chi connectivity index (χ1) is 11.0. The van der Waals surface area contributed by atoms with Gasteiger partial charge in [0.15, 0.2) is 0 Å². The minimum absolute atomic E-state index is 0.0445. The highest BCUT2D eigenvalue weighted by atomic mass is 16.3. The number of benzene rings is 1. The van der Waals surface area contributed by atoms with Gasteiger partial charge in [-0.2, -0.15) is 0 Å². The Morgan fingerprint density at radius 3 is 2.96 bits per heavy atom. The van der Waals surface area contributed by atoms with E-state index in [0.717, 1.165) is 41.7 Å². The number of fused-ring (bicyclic) bond motifs is 1. The lowest BCUT2D eigenvalue weighted by Crippen LogP contribution is -2.39. The van der Waals surface area contributed by atoms with Crippen LogP contribution in [0, 0.1) is 6.92 Å². The highest BCUT2D eigenvalue weighted by Crippen LogP contribution is 2.24. The fraction of sp³-hybridized carbons (Fsp3) is 0.389. The largest absolute Gasteiger partial charge is 0.464 e. The predicted molar refractivity (Wildman–Crippen MR) is 92.8 cm³/mol. The van der Waals surface area contributed by atoms with Gasteiger partial charge < -0.3 is 20.0 Å². The van der Waals surface area contributed by atoms with E-state index in [9.17, 15) is 4.79 Å². The Hall–Kier alpha value is -2.27. The van der Waals surface area contributed by atoms with Crippen molar-refractivity contribution in [2.24, 2.45) is 0 Å². The molecule has 0 unspecified atom stereocenters. The summed E-state index contributed by atoms with van der Waals surface area (Å²) in [6, 6.07) is 5.53. The van der Waals surface area contributed by atoms with Crippen molar-refractivity contribution in [3.05, 3.63) is 41.7 Å². The van der Waals surface area contributed by atoms with Gasteiger partial charge in [-0.05, 0) is 56.7 Å². The Balaban J connectivity index is 1.62. The Morgan fingerprint density at radius 1 is 1.39 bits per heavy atom. The Morgan fingerprint density at radius 2 is 2.22 bits per heavy atom. The van der Waals surface area contributed by atoms with E-state index in [-0.39, 0.29) is 12.1 Å². The monoisotopic (exact) mass is 313 g/mol. The third-order valence-corrected chi connectivity index (χ3v) is 4.38. The number of nitrogens with zero attached hydrogens (tertiary/aromatic N) is 1. The minimum atomic E-state index is -0.183. The summed E-state index contributed by atoms with van der Waals surface area (Å²) in [7, 11) is 2.10. The molecular weight excluding hydrogens is 290 g/mol. The molecule has 0 aliphatic carbocycles. The zero-order valence-corrected chi connectivity index (χ0v) is 13.8. The predicted octanol–water partition coefficient (Wildman–Crippen LogP) is 3.51. The molecule has 1 aromatic heterocycles. The number of hydrogen-bond donors (Lipinski definition) is 2. The molecule has 5 nitrogen and oxygen atoms in total. The average Bonchev–Trinajstić information content (AvgIpc) is 2.89. The first-order valence-electron chi connectivity index (χ1n) is 7.96. The van der Waals surface area contributed by atoms with E-state index in [2.05, 4.69) is 28.7 Å². The molecule has 2 N–H and O–H groups in total. The van der Waals surface area contributed by atoms with Gasteiger partial charge in [0.05, 0.1) is 6.26 Å². The number of anilines is 1. The number of rotatable bonds is 3. The van der Waals surface area contributed by atoms with Crippen molar-refractivity contribution >= 4 is 22.7 Å². The summed E-state index contributed by atoms with van der Waals surface area (Å²) < 4.78 is 5.42. The third-order valence-electron chi connectivity index (χ3n) is 4.38. The van der Waals surface area contributed by atoms with Crippen LogP contribution in [-0.2, 0) is 0 Å². The SMILES string of the molecule is Cc1coc2ccc(NC(=O)N[C@H](C)C3=CCN(C)CC3)cc12. The van der Waals surface area contributed by atoms with Crippen molar-refractivity contribution in [2.75, 3.05) is 25.5 Å². The minimum Gasteiger partial charge on any atom is -0.464 e. The molecule has 23 heavy (non-hydrogen) atoms. The molecule has 1 aliphatic rings. The van der Waals surface area contributed by atoms with Gasteiger partial charge >= 0.3 is 6.03 Å². The molecule has 0 bridgehead atoms. The van der Waals surface area contributed by atoms with Crippen molar-refractivity contribution in [1.29, 1.82) is 0 Å². The van der Waals surface area contributed by atoms with Crippen molar-refractivity contribution in [2.45, 2.75) is 26.3 Å². The van der Waals surface area contributed by atoms with Gasteiger partial charge in [0.1, 0.15) is 5.58 Å². The van der Waals surface area contributed by atoms with Gasteiger partial charge in [0, 0.05) is 30.2 Å². The highest BCUT2D eigenvalue weighted by molar-refractivity contribution is 5.93. The molecule has 122 valence electrons. The maximum atomic E-state index is 12.2. The summed E-state index contributed by atoms with van der Waals surface area (Å²) in [5, 5.41) is 6.93. The highest BCUT2D eigenvalue weighted by Gasteiger charge is 2.16. The van der Waals surface area contributed by atoms with Crippen LogP contribution in [0.2, 0.25) is 0 Å². The molecule has 1 aliphatic heterocycles. The van der Waals surface area contributed by atoms with Crippen LogP contribution in [0.3, 0.4) is 0 Å². The van der Waals surface area contributed by atoms with Crippen molar-refractivity contribution < 1.29 is 9.21 Å². The second kappa shape index (κ2) is 6.46. The van der Waals surface area contributed by atoms with E-state index in [1.165, 1.54) is 5.57 Å². The maximum Gasteiger partial charge on any atom is 0.319 e. The lowest BCUT2D eigenvalue weighted by atomic mass is 10.0. The molecule has 0 saturated carbocycles. The van der Waals surface area contributed by atoms with Gasteiger partial charge in [0.25, 0.3) is 0 Å². The number of carbonyl (C=O) groups is 1.